The van der Waals surface area contributed by atoms with Crippen LogP contribution in [-0.4, -0.2) is 164 Å². The van der Waals surface area contributed by atoms with Gasteiger partial charge in [0.25, 0.3) is 0 Å². The van der Waals surface area contributed by atoms with Crippen LogP contribution in [0.3, 0.4) is 0 Å². The van der Waals surface area contributed by atoms with E-state index in [1.807, 2.05) is 6.92 Å². The smallest absolute Gasteiger partial charge is 0.248 e. The quantitative estimate of drug-likeness (QED) is 0.0216. The lowest BCUT2D eigenvalue weighted by atomic mass is 10.0. The van der Waals surface area contributed by atoms with E-state index in [2.05, 4.69) is 39.0 Å². The van der Waals surface area contributed by atoms with Crippen molar-refractivity contribution >= 4 is 106 Å². The molecule has 3 fully saturated rings. The van der Waals surface area contributed by atoms with Gasteiger partial charge in [-0.25, -0.2) is 0 Å². The van der Waals surface area contributed by atoms with Crippen molar-refractivity contribution in [3.63, 3.8) is 0 Å². The molecule has 3 saturated heterocycles. The van der Waals surface area contributed by atoms with Gasteiger partial charge in [0.1, 0.15) is 12.2 Å². The lowest BCUT2D eigenvalue weighted by Gasteiger charge is -2.26. The van der Waals surface area contributed by atoms with Crippen LogP contribution in [0, 0.1) is 0 Å². The largest absolute Gasteiger partial charge is 0.373 e. The highest BCUT2D eigenvalue weighted by atomic mass is 32.2. The highest BCUT2D eigenvalue weighted by Gasteiger charge is 2.38. The number of imide groups is 1. The zero-order valence-electron chi connectivity index (χ0n) is 64.3. The van der Waals surface area contributed by atoms with Crippen molar-refractivity contribution in [2.45, 2.75) is 371 Å². The van der Waals surface area contributed by atoms with E-state index in [-0.39, 0.29) is 57.3 Å². The molecular weight excluding hydrogens is 1400 g/mol. The number of hydrogen-bond acceptors (Lipinski definition) is 18. The Morgan fingerprint density at radius 2 is 0.730 bits per heavy atom. The molecule has 9 atom stereocenters. The molecule has 18 nitrogen and oxygen atoms in total. The summed E-state index contributed by atoms with van der Waals surface area (Å²) in [6.07, 6.45) is 79.2. The number of hydrogen-bond donors (Lipinski definition) is 5. The molecule has 600 valence electrons. The van der Waals surface area contributed by atoms with Gasteiger partial charge in [-0.2, -0.15) is 27.0 Å². The molecule has 0 bridgehead atoms. The Labute approximate surface area is 631 Å². The van der Waals surface area contributed by atoms with Gasteiger partial charge in [0.15, 0.2) is 0 Å². The van der Waals surface area contributed by atoms with Crippen molar-refractivity contribution in [3.05, 3.63) is 0 Å². The van der Waals surface area contributed by atoms with Crippen molar-refractivity contribution in [3.8, 4) is 0 Å². The first kappa shape index (κ1) is 103. The molecule has 2 amide bonds. The van der Waals surface area contributed by atoms with E-state index in [4.69, 9.17) is 51.4 Å². The van der Waals surface area contributed by atoms with E-state index < -0.39 is 54.7 Å². The maximum Gasteiger partial charge on any atom is 0.248 e. The number of nitrogens with two attached hydrogens (primary N) is 1. The lowest BCUT2D eigenvalue weighted by Crippen LogP contribution is -2.30. The number of carbonyl (C=O) groups is 2. The monoisotopic (exact) mass is 1560 g/mol. The van der Waals surface area contributed by atoms with Gasteiger partial charge in [0.2, 0.25) is 42.1 Å². The predicted octanol–water partition coefficient (Wildman–Crippen LogP) is 20.9. The number of carbonyl (C=O) groups excluding carboxylic acids is 2. The van der Waals surface area contributed by atoms with Crippen molar-refractivity contribution in [1.29, 1.82) is 0 Å². The minimum Gasteiger partial charge on any atom is -0.373 e. The summed E-state index contributed by atoms with van der Waals surface area (Å²) in [5.41, 5.74) is 5.43. The van der Waals surface area contributed by atoms with Gasteiger partial charge in [0.05, 0.1) is 43.9 Å². The molecule has 0 aromatic carbocycles. The van der Waals surface area contributed by atoms with Crippen LogP contribution in [-0.2, 0) is 55.3 Å². The summed E-state index contributed by atoms with van der Waals surface area (Å²) in [5.74, 6) is 0.685. The Hall–Kier alpha value is 0.790. The highest BCUT2D eigenvalue weighted by Crippen LogP contribution is 2.49. The fourth-order valence-corrected chi connectivity index (χ4v) is 16.8. The van der Waals surface area contributed by atoms with Crippen molar-refractivity contribution in [1.82, 2.24) is 4.90 Å². The maximum absolute atomic E-state index is 12.1. The van der Waals surface area contributed by atoms with Crippen LogP contribution in [0.1, 0.15) is 342 Å². The summed E-state index contributed by atoms with van der Waals surface area (Å²) in [6.45, 7) is 9.27. The zero-order valence-corrected chi connectivity index (χ0v) is 70.7. The Balaban J connectivity index is 0. The van der Waals surface area contributed by atoms with Gasteiger partial charge in [-0.05, 0) is 70.1 Å². The molecule has 3 heterocycles. The van der Waals surface area contributed by atoms with Crippen molar-refractivity contribution < 1.29 is 74.8 Å². The third-order valence-electron chi connectivity index (χ3n) is 18.6. The third-order valence-corrected chi connectivity index (χ3v) is 24.5. The second kappa shape index (κ2) is 69.0. The molecule has 0 aromatic rings. The van der Waals surface area contributed by atoms with Crippen LogP contribution in [0.4, 0.5) is 0 Å². The number of rotatable bonds is 67. The number of unbranched alkanes of at least 4 members (excludes halogenated alkanes) is 44. The molecule has 6 N–H and O–H groups in total. The van der Waals surface area contributed by atoms with E-state index in [0.717, 1.165) is 57.1 Å². The van der Waals surface area contributed by atoms with Crippen LogP contribution in [0.5, 0.6) is 0 Å². The molecule has 3 aliphatic rings. The maximum atomic E-state index is 12.1. The first-order valence-electron chi connectivity index (χ1n) is 39.6. The molecule has 0 aliphatic carbocycles. The second-order valence-electron chi connectivity index (χ2n) is 27.6. The van der Waals surface area contributed by atoms with Crippen LogP contribution < -0.4 is 5.73 Å². The van der Waals surface area contributed by atoms with E-state index in [0.29, 0.717) is 58.8 Å². The van der Waals surface area contributed by atoms with Gasteiger partial charge in [-0.1, -0.05) is 290 Å². The summed E-state index contributed by atoms with van der Waals surface area (Å²) >= 11 is 1.55. The van der Waals surface area contributed by atoms with E-state index in [1.165, 1.54) is 270 Å². The summed E-state index contributed by atoms with van der Waals surface area (Å²) < 4.78 is 53.3. The average Bonchev–Trinajstić information content (AvgIpc) is 1.70. The standard InChI is InChI=1S/C41H84.C20H37NO9P2S.C14H31NO7P2.2H2S/c1-3-5-7-9-11-13-15-17-19-21-23-25-27-29-31-33-35-37-39-41-40-38-36-34-32-30-28-26-24-22-20-18-16-14-12-10-8-6-4-2;1-5-21-19(22)14-18(20(21)23)33-13-9-7-6-8-11-28-32(4,25)29-15-17-16(10-12-27-17)30-31(3,24)26-2;1-18-23(2,16)21-12-14-13(8-11-19-14)22-24(3,17)20-10-7-5-4-6-9-15;;/h3-41H2,1-2H3;16-18,24-25H,3-15H2,1-2H3;13-14,16-17H,2-12,15H2,1H3;2*1H2. The summed E-state index contributed by atoms with van der Waals surface area (Å²) in [7, 11) is -9.98. The number of ether oxygens (including phenoxy) is 2. The average molecular weight is 1560 g/mol. The van der Waals surface area contributed by atoms with E-state index in [9.17, 15) is 29.2 Å². The number of likely N-dealkylation sites (tertiary alicyclic amines) is 1. The molecule has 0 saturated carbocycles. The Morgan fingerprint density at radius 3 is 1.05 bits per heavy atom. The Morgan fingerprint density at radius 1 is 0.430 bits per heavy atom. The van der Waals surface area contributed by atoms with Gasteiger partial charge in [-0.3, -0.25) is 14.5 Å². The lowest BCUT2D eigenvalue weighted by molar-refractivity contribution is -0.137. The van der Waals surface area contributed by atoms with Crippen LogP contribution >= 0.6 is 69.0 Å². The summed E-state index contributed by atoms with van der Waals surface area (Å²) in [5, 5.41) is -0.239. The fraction of sp³-hybridized carbons (Fsp3) is 0.920. The first-order valence-corrected chi connectivity index (χ1v) is 47.7. The van der Waals surface area contributed by atoms with Crippen LogP contribution in [0.15, 0.2) is 0 Å². The molecule has 0 radical (unpaired) electrons. The van der Waals surface area contributed by atoms with Crippen molar-refractivity contribution in [2.24, 2.45) is 5.73 Å². The number of nitrogens with zero attached hydrogens (tertiary/aromatic N) is 1. The molecule has 9 unspecified atom stereocenters. The SMILES string of the molecule is C=P(O)(OC)OCC1OCCC1OP(=C)(O)OCCCCCCN.C=P(O)(OCCCCCCSC1CC(=O)N(CC)C1=O)OCC1OCCC1OP(=C)(O)OC.CCCCCCCCCCCCCCCCCCCCCCCCCCCCCCCCCCCCCCCCC.S.S. The Kier molecular flexibility index (Phi) is 71.0. The summed E-state index contributed by atoms with van der Waals surface area (Å²) in [4.78, 5) is 65.2. The van der Waals surface area contributed by atoms with E-state index >= 15 is 0 Å². The second-order valence-corrected chi connectivity index (χ2v) is 36.2. The van der Waals surface area contributed by atoms with E-state index in [1.54, 1.807) is 11.8 Å². The van der Waals surface area contributed by atoms with Gasteiger partial charge < -0.3 is 71.0 Å². The highest BCUT2D eigenvalue weighted by molar-refractivity contribution is 8.00. The Bertz CT molecular complexity index is 2040. The molecule has 100 heavy (non-hydrogen) atoms. The molecule has 0 aromatic heterocycles. The van der Waals surface area contributed by atoms with Crippen LogP contribution in [0.2, 0.25) is 0 Å². The minimum absolute atomic E-state index is 0. The van der Waals surface area contributed by atoms with Crippen LogP contribution in [0.25, 0.3) is 0 Å². The van der Waals surface area contributed by atoms with Gasteiger partial charge >= 0.3 is 0 Å². The summed E-state index contributed by atoms with van der Waals surface area (Å²) in [6, 6.07) is 0. The molecule has 25 heteroatoms. The number of thioether (sulfide) groups is 1. The molecular formula is C75H156N2O16P4S3. The molecule has 0 spiro atoms. The topological polar surface area (TPSA) is 237 Å². The third kappa shape index (κ3) is 59.7. The number of amides is 2. The predicted molar refractivity (Wildman–Crippen MR) is 443 cm³/mol. The first-order chi connectivity index (χ1) is 47.3. The van der Waals surface area contributed by atoms with Gasteiger partial charge in [-0.15, -0.1) is 11.8 Å². The van der Waals surface area contributed by atoms with Gasteiger partial charge in [0, 0.05) is 53.2 Å². The minimum atomic E-state index is -3.24. The molecule has 3 rings (SSSR count). The fourth-order valence-electron chi connectivity index (χ4n) is 12.4. The zero-order chi connectivity index (χ0) is 72.1. The van der Waals surface area contributed by atoms with Crippen molar-refractivity contribution in [2.75, 3.05) is 72.7 Å². The normalized spacial score (nSPS) is 20.0. The molecule has 3 aliphatic heterocycles.